The second kappa shape index (κ2) is 7.33. The number of nitrogens with one attached hydrogen (secondary N) is 1. The number of hydrogen-bond donors (Lipinski definition) is 2. The van der Waals surface area contributed by atoms with Crippen LogP contribution >= 0.6 is 0 Å². The number of aliphatic hydroxyl groups excluding tert-OH is 1. The average Bonchev–Trinajstić information content (AvgIpc) is 2.85. The minimum Gasteiger partial charge on any atom is -0.396 e. The number of benzene rings is 1. The average molecular weight is 288 g/mol. The van der Waals surface area contributed by atoms with Crippen molar-refractivity contribution < 1.29 is 5.11 Å². The van der Waals surface area contributed by atoms with E-state index in [9.17, 15) is 5.11 Å². The van der Waals surface area contributed by atoms with Crippen molar-refractivity contribution in [1.29, 1.82) is 0 Å². The van der Waals surface area contributed by atoms with Crippen LogP contribution in [0.25, 0.3) is 0 Å². The highest BCUT2D eigenvalue weighted by molar-refractivity contribution is 5.19. The van der Waals surface area contributed by atoms with Crippen LogP contribution in [0.2, 0.25) is 0 Å². The van der Waals surface area contributed by atoms with E-state index in [1.54, 1.807) is 0 Å². The zero-order valence-electron chi connectivity index (χ0n) is 13.0. The highest BCUT2D eigenvalue weighted by Gasteiger charge is 2.14. The molecule has 1 heterocycles. The highest BCUT2D eigenvalue weighted by atomic mass is 16.3. The van der Waals surface area contributed by atoms with Crippen molar-refractivity contribution in [3.8, 4) is 0 Å². The summed E-state index contributed by atoms with van der Waals surface area (Å²) in [6.07, 6.45) is 0.679. The lowest BCUT2D eigenvalue weighted by Crippen LogP contribution is -2.23. The summed E-state index contributed by atoms with van der Waals surface area (Å²) in [4.78, 5) is 0. The lowest BCUT2D eigenvalue weighted by molar-refractivity contribution is 0.264. The molecule has 0 radical (unpaired) electrons. The van der Waals surface area contributed by atoms with Crippen molar-refractivity contribution in [3.05, 3.63) is 47.5 Å². The minimum absolute atomic E-state index is 0.121. The van der Waals surface area contributed by atoms with E-state index < -0.39 is 0 Å². The summed E-state index contributed by atoms with van der Waals surface area (Å²) in [7, 11) is 2.00. The molecule has 21 heavy (non-hydrogen) atoms. The Morgan fingerprint density at radius 2 is 1.90 bits per heavy atom. The summed E-state index contributed by atoms with van der Waals surface area (Å²) < 4.78 is 2.04. The third kappa shape index (κ3) is 3.89. The maximum Gasteiger partial charge on any atom is 0.146 e. The van der Waals surface area contributed by atoms with Crippen LogP contribution in [0, 0.1) is 0 Å². The van der Waals surface area contributed by atoms with E-state index in [1.165, 1.54) is 5.56 Å². The van der Waals surface area contributed by atoms with E-state index in [0.29, 0.717) is 18.9 Å². The highest BCUT2D eigenvalue weighted by Crippen LogP contribution is 2.17. The van der Waals surface area contributed by atoms with E-state index in [-0.39, 0.29) is 12.6 Å². The normalized spacial score (nSPS) is 12.8. The van der Waals surface area contributed by atoms with Crippen molar-refractivity contribution in [2.45, 2.75) is 38.8 Å². The summed E-state index contributed by atoms with van der Waals surface area (Å²) in [5.41, 5.74) is 1.18. The first-order valence-corrected chi connectivity index (χ1v) is 7.40. The maximum absolute atomic E-state index is 9.25. The molecule has 2 rings (SSSR count). The van der Waals surface area contributed by atoms with Crippen molar-refractivity contribution in [2.24, 2.45) is 7.05 Å². The minimum atomic E-state index is 0.121. The lowest BCUT2D eigenvalue weighted by atomic mass is 10.0. The molecule has 0 aliphatic heterocycles. The van der Waals surface area contributed by atoms with Gasteiger partial charge in [-0.25, -0.2) is 0 Å². The van der Waals surface area contributed by atoms with Crippen molar-refractivity contribution in [3.63, 3.8) is 0 Å². The van der Waals surface area contributed by atoms with Crippen LogP contribution in [0.4, 0.5) is 0 Å². The summed E-state index contributed by atoms with van der Waals surface area (Å²) >= 11 is 0. The topological polar surface area (TPSA) is 63.0 Å². The van der Waals surface area contributed by atoms with E-state index in [1.807, 2.05) is 29.8 Å². The van der Waals surface area contributed by atoms with Gasteiger partial charge in [0.1, 0.15) is 11.6 Å². The molecule has 5 heteroatoms. The number of aliphatic hydroxyl groups is 1. The molecule has 0 spiro atoms. The summed E-state index contributed by atoms with van der Waals surface area (Å²) in [6.45, 7) is 5.01. The fourth-order valence-corrected chi connectivity index (χ4v) is 2.45. The van der Waals surface area contributed by atoms with Gasteiger partial charge in [-0.2, -0.15) is 0 Å². The van der Waals surface area contributed by atoms with Crippen molar-refractivity contribution in [1.82, 2.24) is 20.1 Å². The molecule has 1 aromatic carbocycles. The molecule has 0 fully saturated rings. The van der Waals surface area contributed by atoms with Gasteiger partial charge in [0.2, 0.25) is 0 Å². The SMILES string of the molecule is CC(C)c1nnc(CNC(CCO)c2ccccc2)n1C. The van der Waals surface area contributed by atoms with Gasteiger partial charge in [-0.15, -0.1) is 10.2 Å². The predicted molar refractivity (Wildman–Crippen MR) is 82.8 cm³/mol. The summed E-state index contributed by atoms with van der Waals surface area (Å²) in [5.74, 6) is 2.27. The van der Waals surface area contributed by atoms with Gasteiger partial charge < -0.3 is 15.0 Å². The molecule has 0 amide bonds. The zero-order valence-corrected chi connectivity index (χ0v) is 13.0. The van der Waals surface area contributed by atoms with E-state index in [0.717, 1.165) is 11.6 Å². The van der Waals surface area contributed by atoms with Crippen LogP contribution in [0.3, 0.4) is 0 Å². The molecule has 0 aliphatic rings. The van der Waals surface area contributed by atoms with Crippen LogP contribution in [0.15, 0.2) is 30.3 Å². The predicted octanol–water partition coefficient (Wildman–Crippen LogP) is 2.15. The summed E-state index contributed by atoms with van der Waals surface area (Å²) in [5, 5.41) is 21.2. The quantitative estimate of drug-likeness (QED) is 0.819. The van der Waals surface area contributed by atoms with E-state index in [2.05, 4.69) is 41.5 Å². The molecule has 5 nitrogen and oxygen atoms in total. The number of nitrogens with zero attached hydrogens (tertiary/aromatic N) is 3. The Kier molecular flexibility index (Phi) is 5.47. The molecule has 0 aliphatic carbocycles. The molecule has 0 saturated carbocycles. The molecule has 0 bridgehead atoms. The summed E-state index contributed by atoms with van der Waals surface area (Å²) in [6, 6.07) is 10.3. The molecule has 2 N–H and O–H groups in total. The van der Waals surface area contributed by atoms with Gasteiger partial charge in [-0.3, -0.25) is 0 Å². The van der Waals surface area contributed by atoms with Gasteiger partial charge in [0.15, 0.2) is 0 Å². The number of rotatable bonds is 7. The van der Waals surface area contributed by atoms with Gasteiger partial charge >= 0.3 is 0 Å². The fraction of sp³-hybridized carbons (Fsp3) is 0.500. The first-order chi connectivity index (χ1) is 10.1. The number of aromatic nitrogens is 3. The van der Waals surface area contributed by atoms with Crippen LogP contribution < -0.4 is 5.32 Å². The Morgan fingerprint density at radius 3 is 2.48 bits per heavy atom. The molecular weight excluding hydrogens is 264 g/mol. The van der Waals surface area contributed by atoms with Crippen LogP contribution in [-0.4, -0.2) is 26.5 Å². The van der Waals surface area contributed by atoms with Gasteiger partial charge in [0.25, 0.3) is 0 Å². The molecule has 2 aromatic rings. The Morgan fingerprint density at radius 1 is 1.19 bits per heavy atom. The van der Waals surface area contributed by atoms with Gasteiger partial charge in [0, 0.05) is 25.6 Å². The van der Waals surface area contributed by atoms with Crippen molar-refractivity contribution >= 4 is 0 Å². The van der Waals surface area contributed by atoms with E-state index >= 15 is 0 Å². The van der Waals surface area contributed by atoms with Crippen LogP contribution in [0.5, 0.6) is 0 Å². The van der Waals surface area contributed by atoms with E-state index in [4.69, 9.17) is 0 Å². The van der Waals surface area contributed by atoms with Gasteiger partial charge in [0.05, 0.1) is 6.54 Å². The van der Waals surface area contributed by atoms with Gasteiger partial charge in [-0.1, -0.05) is 44.2 Å². The maximum atomic E-state index is 9.25. The first-order valence-electron chi connectivity index (χ1n) is 7.40. The zero-order chi connectivity index (χ0) is 15.2. The number of hydrogen-bond acceptors (Lipinski definition) is 4. The Hall–Kier alpha value is -1.72. The Balaban J connectivity index is 2.06. The molecule has 1 atom stereocenters. The second-order valence-corrected chi connectivity index (χ2v) is 5.54. The third-order valence-corrected chi connectivity index (χ3v) is 3.64. The standard InChI is InChI=1S/C16H24N4O/c1-12(2)16-19-18-15(20(16)3)11-17-14(9-10-21)13-7-5-4-6-8-13/h4-8,12,14,17,21H,9-11H2,1-3H3. The molecule has 0 saturated heterocycles. The van der Waals surface area contributed by atoms with Crippen LogP contribution in [0.1, 0.15) is 49.4 Å². The Labute approximate surface area is 126 Å². The molecule has 114 valence electrons. The Bertz CT molecular complexity index is 551. The largest absolute Gasteiger partial charge is 0.396 e. The second-order valence-electron chi connectivity index (χ2n) is 5.54. The monoisotopic (exact) mass is 288 g/mol. The third-order valence-electron chi connectivity index (χ3n) is 3.64. The molecular formula is C16H24N4O. The smallest absolute Gasteiger partial charge is 0.146 e. The van der Waals surface area contributed by atoms with Crippen molar-refractivity contribution in [2.75, 3.05) is 6.61 Å². The molecule has 1 aromatic heterocycles. The van der Waals surface area contributed by atoms with Crippen LogP contribution in [-0.2, 0) is 13.6 Å². The lowest BCUT2D eigenvalue weighted by Gasteiger charge is -2.18. The fourth-order valence-electron chi connectivity index (χ4n) is 2.45. The first kappa shape index (κ1) is 15.7. The van der Waals surface area contributed by atoms with Gasteiger partial charge in [-0.05, 0) is 12.0 Å². The molecule has 1 unspecified atom stereocenters.